The number of rotatable bonds is 13. The Morgan fingerprint density at radius 1 is 1.16 bits per heavy atom. The van der Waals surface area contributed by atoms with Gasteiger partial charge in [0.15, 0.2) is 0 Å². The molecule has 0 spiro atoms. The molecule has 0 aliphatic heterocycles. The van der Waals surface area contributed by atoms with Crippen molar-refractivity contribution in [3.63, 3.8) is 0 Å². The lowest BCUT2D eigenvalue weighted by molar-refractivity contribution is -0.121. The van der Waals surface area contributed by atoms with E-state index < -0.39 is 10.0 Å². The first-order valence-electron chi connectivity index (χ1n) is 11.8. The van der Waals surface area contributed by atoms with E-state index in [9.17, 15) is 13.2 Å². The molecule has 0 saturated heterocycles. The van der Waals surface area contributed by atoms with Crippen LogP contribution in [-0.2, 0) is 27.8 Å². The molecule has 1 amide bonds. The van der Waals surface area contributed by atoms with Gasteiger partial charge in [0.2, 0.25) is 15.9 Å². The van der Waals surface area contributed by atoms with E-state index in [1.807, 2.05) is 6.07 Å². The Morgan fingerprint density at radius 3 is 2.50 bits per heavy atom. The maximum absolute atomic E-state index is 12.5. The van der Waals surface area contributed by atoms with Crippen molar-refractivity contribution < 1.29 is 13.2 Å². The van der Waals surface area contributed by atoms with Gasteiger partial charge in [0.05, 0.1) is 15.9 Å². The van der Waals surface area contributed by atoms with E-state index in [0.29, 0.717) is 24.3 Å². The van der Waals surface area contributed by atoms with Crippen molar-refractivity contribution in [2.75, 3.05) is 14.1 Å². The van der Waals surface area contributed by atoms with Gasteiger partial charge in [0.25, 0.3) is 0 Å². The van der Waals surface area contributed by atoms with Crippen LogP contribution in [0.4, 0.5) is 0 Å². The molecule has 2 rings (SSSR count). The number of nitrogens with one attached hydrogen (secondary N) is 1. The van der Waals surface area contributed by atoms with Gasteiger partial charge in [0.1, 0.15) is 5.82 Å². The third-order valence-corrected chi connectivity index (χ3v) is 7.53. The largest absolute Gasteiger partial charge is 0.354 e. The van der Waals surface area contributed by atoms with E-state index in [2.05, 4.69) is 37.6 Å². The summed E-state index contributed by atoms with van der Waals surface area (Å²) in [6, 6.07) is 5.26. The van der Waals surface area contributed by atoms with Crippen LogP contribution in [0.3, 0.4) is 0 Å². The lowest BCUT2D eigenvalue weighted by atomic mass is 10.0. The maximum Gasteiger partial charge on any atom is 0.242 e. The molecule has 1 N–H and O–H groups in total. The summed E-state index contributed by atoms with van der Waals surface area (Å²) in [6.07, 6.45) is 6.21. The molecule has 0 saturated carbocycles. The molecule has 1 unspecified atom stereocenters. The van der Waals surface area contributed by atoms with Crippen molar-refractivity contribution in [3.8, 4) is 0 Å². The monoisotopic (exact) mass is 464 g/mol. The first kappa shape index (κ1) is 26.3. The number of unbranched alkanes of at least 4 members (excludes halogenated alkanes) is 1. The number of benzene rings is 1. The summed E-state index contributed by atoms with van der Waals surface area (Å²) in [6.45, 7) is 9.42. The molecule has 7 nitrogen and oxygen atoms in total. The Hall–Kier alpha value is -1.93. The van der Waals surface area contributed by atoms with Crippen LogP contribution >= 0.6 is 0 Å². The fourth-order valence-electron chi connectivity index (χ4n) is 3.76. The summed E-state index contributed by atoms with van der Waals surface area (Å²) >= 11 is 0. The molecule has 1 aromatic heterocycles. The molecule has 0 radical (unpaired) electrons. The van der Waals surface area contributed by atoms with Crippen molar-refractivity contribution in [1.82, 2.24) is 19.2 Å². The van der Waals surface area contributed by atoms with Gasteiger partial charge in [-0.1, -0.05) is 40.0 Å². The number of fused-ring (bicyclic) bond motifs is 1. The molecule has 1 aromatic carbocycles. The minimum absolute atomic E-state index is 0.0343. The second-order valence-corrected chi connectivity index (χ2v) is 11.4. The fraction of sp³-hybridized carbons (Fsp3) is 0.667. The Kier molecular flexibility index (Phi) is 9.70. The quantitative estimate of drug-likeness (QED) is 0.478. The number of nitrogens with zero attached hydrogens (tertiary/aromatic N) is 3. The van der Waals surface area contributed by atoms with E-state index in [1.54, 1.807) is 12.1 Å². The van der Waals surface area contributed by atoms with Gasteiger partial charge in [-0.3, -0.25) is 4.79 Å². The average molecular weight is 465 g/mol. The molecule has 0 aliphatic rings. The van der Waals surface area contributed by atoms with Crippen LogP contribution in [0, 0.1) is 5.92 Å². The molecule has 180 valence electrons. The molecule has 2 aromatic rings. The van der Waals surface area contributed by atoms with Crippen LogP contribution in [0.15, 0.2) is 23.1 Å². The number of aromatic nitrogens is 2. The number of sulfonamides is 1. The Balaban J connectivity index is 2.14. The molecular weight excluding hydrogens is 424 g/mol. The summed E-state index contributed by atoms with van der Waals surface area (Å²) in [7, 11) is -0.479. The zero-order valence-corrected chi connectivity index (χ0v) is 21.3. The number of carbonyl (C=O) groups is 1. The average Bonchev–Trinajstić information content (AvgIpc) is 3.06. The van der Waals surface area contributed by atoms with Crippen molar-refractivity contribution in [2.24, 2.45) is 5.92 Å². The van der Waals surface area contributed by atoms with E-state index in [1.165, 1.54) is 24.8 Å². The fourth-order valence-corrected chi connectivity index (χ4v) is 4.69. The number of carbonyl (C=O) groups excluding carboxylic acids is 1. The highest BCUT2D eigenvalue weighted by atomic mass is 32.2. The first-order valence-corrected chi connectivity index (χ1v) is 13.2. The molecular formula is C24H40N4O3S. The molecule has 0 fully saturated rings. The van der Waals surface area contributed by atoms with Crippen LogP contribution in [0.2, 0.25) is 0 Å². The number of imidazole rings is 1. The highest BCUT2D eigenvalue weighted by Gasteiger charge is 2.20. The smallest absolute Gasteiger partial charge is 0.242 e. The third kappa shape index (κ3) is 7.04. The number of hydrogen-bond acceptors (Lipinski definition) is 4. The third-order valence-electron chi connectivity index (χ3n) is 5.71. The minimum atomic E-state index is -3.52. The van der Waals surface area contributed by atoms with Crippen LogP contribution in [-0.4, -0.2) is 48.3 Å². The molecule has 0 bridgehead atoms. The summed E-state index contributed by atoms with van der Waals surface area (Å²) in [5.74, 6) is 1.55. The van der Waals surface area contributed by atoms with E-state index >= 15 is 0 Å². The zero-order chi connectivity index (χ0) is 23.9. The summed E-state index contributed by atoms with van der Waals surface area (Å²) in [5, 5.41) is 3.10. The SMILES string of the molecule is CCCCn1c(CCC(=O)NC(C)CCCC(C)C)nc2cc(S(=O)(=O)N(C)C)ccc21. The van der Waals surface area contributed by atoms with Crippen LogP contribution in [0.25, 0.3) is 11.0 Å². The number of aryl methyl sites for hydroxylation is 2. The topological polar surface area (TPSA) is 84.3 Å². The second kappa shape index (κ2) is 11.8. The summed E-state index contributed by atoms with van der Waals surface area (Å²) < 4.78 is 28.3. The highest BCUT2D eigenvalue weighted by molar-refractivity contribution is 7.89. The summed E-state index contributed by atoms with van der Waals surface area (Å²) in [4.78, 5) is 17.4. The van der Waals surface area contributed by atoms with Gasteiger partial charge in [-0.05, 0) is 43.9 Å². The van der Waals surface area contributed by atoms with Crippen LogP contribution in [0.5, 0.6) is 0 Å². The number of hydrogen-bond donors (Lipinski definition) is 1. The van der Waals surface area contributed by atoms with Crippen LogP contribution < -0.4 is 5.32 Å². The molecule has 32 heavy (non-hydrogen) atoms. The normalized spacial score (nSPS) is 13.2. The predicted octanol–water partition coefficient (Wildman–Crippen LogP) is 4.35. The van der Waals surface area contributed by atoms with Gasteiger partial charge >= 0.3 is 0 Å². The Labute approximate surface area is 193 Å². The lowest BCUT2D eigenvalue weighted by Crippen LogP contribution is -2.32. The maximum atomic E-state index is 12.5. The lowest BCUT2D eigenvalue weighted by Gasteiger charge is -2.15. The molecule has 0 aliphatic carbocycles. The molecule has 1 atom stereocenters. The van der Waals surface area contributed by atoms with Gasteiger partial charge in [-0.2, -0.15) is 0 Å². The van der Waals surface area contributed by atoms with Crippen molar-refractivity contribution in [2.45, 2.75) is 90.1 Å². The van der Waals surface area contributed by atoms with E-state index in [4.69, 9.17) is 4.98 Å². The number of amides is 1. The van der Waals surface area contributed by atoms with Gasteiger partial charge < -0.3 is 9.88 Å². The van der Waals surface area contributed by atoms with Crippen molar-refractivity contribution >= 4 is 27.0 Å². The minimum Gasteiger partial charge on any atom is -0.354 e. The Morgan fingerprint density at radius 2 is 1.88 bits per heavy atom. The van der Waals surface area contributed by atoms with E-state index in [0.717, 1.165) is 43.6 Å². The second-order valence-electron chi connectivity index (χ2n) is 9.26. The van der Waals surface area contributed by atoms with Crippen molar-refractivity contribution in [1.29, 1.82) is 0 Å². The molecule has 1 heterocycles. The predicted molar refractivity (Wildman–Crippen MR) is 130 cm³/mol. The summed E-state index contributed by atoms with van der Waals surface area (Å²) in [5.41, 5.74) is 1.56. The zero-order valence-electron chi connectivity index (χ0n) is 20.5. The van der Waals surface area contributed by atoms with Gasteiger partial charge in [-0.25, -0.2) is 17.7 Å². The Bertz CT molecular complexity index is 996. The van der Waals surface area contributed by atoms with Crippen LogP contribution in [0.1, 0.15) is 72.0 Å². The van der Waals surface area contributed by atoms with Gasteiger partial charge in [-0.15, -0.1) is 0 Å². The highest BCUT2D eigenvalue weighted by Crippen LogP contribution is 2.23. The van der Waals surface area contributed by atoms with Gasteiger partial charge in [0, 0.05) is 39.5 Å². The van der Waals surface area contributed by atoms with E-state index in [-0.39, 0.29) is 16.8 Å². The first-order chi connectivity index (χ1) is 15.1. The standard InChI is InChI=1S/C24H40N4O3S/c1-7-8-16-28-22-13-12-20(32(30,31)27(5)6)17-21(22)26-23(28)14-15-24(29)25-19(4)11-9-10-18(2)3/h12-13,17-19H,7-11,14-16H2,1-6H3,(H,25,29). The van der Waals surface area contributed by atoms with Crippen molar-refractivity contribution in [3.05, 3.63) is 24.0 Å². The molecule has 8 heteroatoms.